The van der Waals surface area contributed by atoms with Crippen molar-refractivity contribution in [1.29, 1.82) is 0 Å². The van der Waals surface area contributed by atoms with Crippen molar-refractivity contribution < 1.29 is 12.8 Å². The first-order chi connectivity index (χ1) is 12.0. The molecule has 134 valence electrons. The van der Waals surface area contributed by atoms with Gasteiger partial charge in [-0.05, 0) is 54.9 Å². The number of furan rings is 1. The first-order valence-corrected chi connectivity index (χ1v) is 10.6. The van der Waals surface area contributed by atoms with E-state index in [0.717, 1.165) is 17.9 Å². The lowest BCUT2D eigenvalue weighted by Crippen LogP contribution is -2.42. The lowest BCUT2D eigenvalue weighted by Gasteiger charge is -2.30. The Morgan fingerprint density at radius 1 is 1.32 bits per heavy atom. The fourth-order valence-electron chi connectivity index (χ4n) is 2.98. The van der Waals surface area contributed by atoms with Crippen molar-refractivity contribution in [3.8, 4) is 0 Å². The van der Waals surface area contributed by atoms with E-state index in [-0.39, 0.29) is 17.5 Å². The summed E-state index contributed by atoms with van der Waals surface area (Å²) < 4.78 is 29.2. The Labute approximate surface area is 153 Å². The molecule has 0 radical (unpaired) electrons. The molecule has 1 aromatic carbocycles. The van der Waals surface area contributed by atoms with Gasteiger partial charge in [-0.25, -0.2) is 8.42 Å². The Morgan fingerprint density at radius 2 is 2.08 bits per heavy atom. The van der Waals surface area contributed by atoms with Gasteiger partial charge in [0.2, 0.25) is 0 Å². The molecule has 1 N–H and O–H groups in total. The van der Waals surface area contributed by atoms with Gasteiger partial charge in [-0.1, -0.05) is 19.1 Å². The van der Waals surface area contributed by atoms with E-state index in [1.807, 2.05) is 29.2 Å². The Bertz CT molecular complexity index is 815. The highest BCUT2D eigenvalue weighted by molar-refractivity contribution is 7.91. The number of sulfone groups is 1. The van der Waals surface area contributed by atoms with Crippen molar-refractivity contribution in [1.82, 2.24) is 4.90 Å². The highest BCUT2D eigenvalue weighted by atomic mass is 32.2. The number of rotatable bonds is 5. The normalized spacial score (nSPS) is 18.8. The van der Waals surface area contributed by atoms with Gasteiger partial charge in [0.25, 0.3) is 0 Å². The maximum absolute atomic E-state index is 11.9. The first kappa shape index (κ1) is 17.9. The third kappa shape index (κ3) is 4.61. The van der Waals surface area contributed by atoms with Crippen LogP contribution in [0.1, 0.15) is 24.7 Å². The highest BCUT2D eigenvalue weighted by Gasteiger charge is 2.34. The Morgan fingerprint density at radius 3 is 2.64 bits per heavy atom. The van der Waals surface area contributed by atoms with Gasteiger partial charge in [0, 0.05) is 11.7 Å². The van der Waals surface area contributed by atoms with E-state index < -0.39 is 9.84 Å². The predicted octanol–water partition coefficient (Wildman–Crippen LogP) is 3.23. The molecule has 2 heterocycles. The molecule has 2 aromatic rings. The predicted molar refractivity (Wildman–Crippen MR) is 103 cm³/mol. The fourth-order valence-corrected chi connectivity index (χ4v) is 5.04. The molecule has 0 amide bonds. The van der Waals surface area contributed by atoms with E-state index in [0.29, 0.717) is 18.1 Å². The van der Waals surface area contributed by atoms with E-state index in [1.54, 1.807) is 6.26 Å². The summed E-state index contributed by atoms with van der Waals surface area (Å²) in [5.74, 6) is 1.10. The van der Waals surface area contributed by atoms with Crippen LogP contribution in [-0.2, 0) is 22.8 Å². The van der Waals surface area contributed by atoms with Gasteiger partial charge in [0.05, 0.1) is 24.3 Å². The van der Waals surface area contributed by atoms with Crippen LogP contribution >= 0.6 is 12.2 Å². The van der Waals surface area contributed by atoms with Gasteiger partial charge in [0.1, 0.15) is 5.76 Å². The molecule has 0 unspecified atom stereocenters. The Balaban J connectivity index is 1.76. The van der Waals surface area contributed by atoms with Crippen molar-refractivity contribution >= 4 is 32.9 Å². The average molecular weight is 379 g/mol. The molecule has 1 atom stereocenters. The molecule has 1 aliphatic rings. The van der Waals surface area contributed by atoms with Crippen molar-refractivity contribution in [2.75, 3.05) is 16.8 Å². The molecule has 0 saturated carbocycles. The molecule has 1 saturated heterocycles. The van der Waals surface area contributed by atoms with Crippen LogP contribution in [0.4, 0.5) is 5.69 Å². The number of hydrogen-bond donors (Lipinski definition) is 1. The third-order valence-corrected chi connectivity index (χ3v) is 6.52. The van der Waals surface area contributed by atoms with Crippen LogP contribution in [0.15, 0.2) is 47.1 Å². The van der Waals surface area contributed by atoms with Crippen molar-refractivity contribution in [2.45, 2.75) is 32.4 Å². The van der Waals surface area contributed by atoms with Crippen LogP contribution < -0.4 is 5.32 Å². The summed E-state index contributed by atoms with van der Waals surface area (Å²) in [6.45, 7) is 2.56. The van der Waals surface area contributed by atoms with Crippen molar-refractivity contribution in [3.63, 3.8) is 0 Å². The van der Waals surface area contributed by atoms with E-state index >= 15 is 0 Å². The fraction of sp³-hybridized carbons (Fsp3) is 0.389. The number of thiocarbonyl (C=S) groups is 1. The molecule has 1 fully saturated rings. The van der Waals surface area contributed by atoms with Crippen LogP contribution in [-0.4, -0.2) is 36.0 Å². The number of aryl methyl sites for hydroxylation is 1. The molecule has 1 aromatic heterocycles. The monoisotopic (exact) mass is 378 g/mol. The molecular formula is C18H22N2O3S2. The molecule has 0 spiro atoms. The van der Waals surface area contributed by atoms with Crippen LogP contribution in [0.2, 0.25) is 0 Å². The summed E-state index contributed by atoms with van der Waals surface area (Å²) in [6.07, 6.45) is 3.17. The number of nitrogens with zero attached hydrogens (tertiary/aromatic N) is 1. The van der Waals surface area contributed by atoms with Gasteiger partial charge in [-0.3, -0.25) is 0 Å². The minimum atomic E-state index is -2.99. The largest absolute Gasteiger partial charge is 0.467 e. The minimum absolute atomic E-state index is 0.129. The zero-order valence-corrected chi connectivity index (χ0v) is 15.8. The summed E-state index contributed by atoms with van der Waals surface area (Å²) in [4.78, 5) is 1.92. The third-order valence-electron chi connectivity index (χ3n) is 4.43. The first-order valence-electron chi connectivity index (χ1n) is 8.36. The Kier molecular flexibility index (Phi) is 5.44. The molecule has 1 aliphatic heterocycles. The lowest BCUT2D eigenvalue weighted by molar-refractivity contribution is 0.302. The SMILES string of the molecule is CCc1ccc(NC(=S)N(Cc2ccco2)[C@H]2CCS(=O)(=O)C2)cc1. The van der Waals surface area contributed by atoms with Crippen LogP contribution in [0, 0.1) is 0 Å². The maximum Gasteiger partial charge on any atom is 0.174 e. The van der Waals surface area contributed by atoms with Crippen LogP contribution in [0.25, 0.3) is 0 Å². The molecule has 3 rings (SSSR count). The number of hydrogen-bond acceptors (Lipinski definition) is 4. The zero-order valence-electron chi connectivity index (χ0n) is 14.1. The van der Waals surface area contributed by atoms with Crippen molar-refractivity contribution in [3.05, 3.63) is 54.0 Å². The summed E-state index contributed by atoms with van der Waals surface area (Å²) in [6, 6.07) is 11.6. The van der Waals surface area contributed by atoms with Gasteiger partial charge >= 0.3 is 0 Å². The summed E-state index contributed by atoms with van der Waals surface area (Å²) in [5.41, 5.74) is 2.15. The van der Waals surface area contributed by atoms with Crippen LogP contribution in [0.5, 0.6) is 0 Å². The smallest absolute Gasteiger partial charge is 0.174 e. The standard InChI is InChI=1S/C18H22N2O3S2/c1-2-14-5-7-15(8-6-14)19-18(24)20(12-17-4-3-10-23-17)16-9-11-25(21,22)13-16/h3-8,10,16H,2,9,11-13H2,1H3,(H,19,24)/t16-/m0/s1. The summed E-state index contributed by atoms with van der Waals surface area (Å²) in [7, 11) is -2.99. The number of benzene rings is 1. The van der Waals surface area contributed by atoms with Crippen molar-refractivity contribution in [2.24, 2.45) is 0 Å². The number of anilines is 1. The van der Waals surface area contributed by atoms with Gasteiger partial charge in [-0.2, -0.15) is 0 Å². The zero-order chi connectivity index (χ0) is 17.9. The van der Waals surface area contributed by atoms with Gasteiger partial charge in [-0.15, -0.1) is 0 Å². The molecule has 7 heteroatoms. The maximum atomic E-state index is 11.9. The topological polar surface area (TPSA) is 62.6 Å². The second-order valence-electron chi connectivity index (χ2n) is 6.24. The van der Waals surface area contributed by atoms with Crippen LogP contribution in [0.3, 0.4) is 0 Å². The van der Waals surface area contributed by atoms with Gasteiger partial charge < -0.3 is 14.6 Å². The molecule has 0 bridgehead atoms. The minimum Gasteiger partial charge on any atom is -0.467 e. The average Bonchev–Trinajstić information content (AvgIpc) is 3.22. The second-order valence-corrected chi connectivity index (χ2v) is 8.86. The highest BCUT2D eigenvalue weighted by Crippen LogP contribution is 2.22. The number of nitrogens with one attached hydrogen (secondary N) is 1. The second kappa shape index (κ2) is 7.58. The molecular weight excluding hydrogens is 356 g/mol. The Hall–Kier alpha value is -1.86. The molecule has 25 heavy (non-hydrogen) atoms. The van der Waals surface area contributed by atoms with E-state index in [9.17, 15) is 8.42 Å². The van der Waals surface area contributed by atoms with E-state index in [2.05, 4.69) is 24.4 Å². The lowest BCUT2D eigenvalue weighted by atomic mass is 10.1. The molecule has 5 nitrogen and oxygen atoms in total. The van der Waals surface area contributed by atoms with Gasteiger partial charge in [0.15, 0.2) is 14.9 Å². The summed E-state index contributed by atoms with van der Waals surface area (Å²) in [5, 5.41) is 3.75. The van der Waals surface area contributed by atoms with E-state index in [1.165, 1.54) is 5.56 Å². The van der Waals surface area contributed by atoms with E-state index in [4.69, 9.17) is 16.6 Å². The summed E-state index contributed by atoms with van der Waals surface area (Å²) >= 11 is 5.58. The molecule has 0 aliphatic carbocycles. The quantitative estimate of drug-likeness (QED) is 0.806.